The smallest absolute Gasteiger partial charge is 0.407 e. The fourth-order valence-electron chi connectivity index (χ4n) is 4.61. The van der Waals surface area contributed by atoms with Crippen LogP contribution in [0.25, 0.3) is 0 Å². The van der Waals surface area contributed by atoms with Crippen molar-refractivity contribution in [2.45, 2.75) is 97.0 Å². The minimum atomic E-state index is -0.473. The molecule has 1 atom stereocenters. The number of hydrogen-bond acceptors (Lipinski definition) is 5. The minimum absolute atomic E-state index is 0.00292. The Kier molecular flexibility index (Phi) is 9.49. The number of carbonyl (C=O) groups is 2. The van der Waals surface area contributed by atoms with Gasteiger partial charge >= 0.3 is 6.09 Å². The van der Waals surface area contributed by atoms with Crippen molar-refractivity contribution in [1.29, 1.82) is 0 Å². The standard InChI is InChI=1S/C26H41N3O4/c1-19(2)15-21(28-24(31)33-18-20-11-8-7-9-12-20)13-10-14-23(30)27-22-16-25(3,4)29(32)26(5,6)17-22/h7-13,19,21-22,32H,14-18H2,1-6H3,(H,27,30)(H,28,31)/t21-/m1/s1. The quantitative estimate of drug-likeness (QED) is 0.462. The van der Waals surface area contributed by atoms with Crippen LogP contribution < -0.4 is 10.6 Å². The van der Waals surface area contributed by atoms with Crippen LogP contribution in [-0.2, 0) is 16.1 Å². The fraction of sp³-hybridized carbons (Fsp3) is 0.615. The fourth-order valence-corrected chi connectivity index (χ4v) is 4.61. The lowest BCUT2D eigenvalue weighted by atomic mass is 9.79. The Morgan fingerprint density at radius 1 is 1.15 bits per heavy atom. The van der Waals surface area contributed by atoms with Crippen molar-refractivity contribution in [3.05, 3.63) is 48.0 Å². The number of piperidine rings is 1. The zero-order valence-corrected chi connectivity index (χ0v) is 20.9. The van der Waals surface area contributed by atoms with Gasteiger partial charge in [-0.3, -0.25) is 4.79 Å². The molecular weight excluding hydrogens is 418 g/mol. The van der Waals surface area contributed by atoms with Crippen LogP contribution >= 0.6 is 0 Å². The van der Waals surface area contributed by atoms with Crippen LogP contribution in [0.15, 0.2) is 42.5 Å². The van der Waals surface area contributed by atoms with Crippen molar-refractivity contribution >= 4 is 12.0 Å². The maximum absolute atomic E-state index is 12.5. The molecule has 3 N–H and O–H groups in total. The molecule has 1 aromatic rings. The normalized spacial score (nSPS) is 19.4. The molecular formula is C26H41N3O4. The SMILES string of the molecule is CC(C)C[C@@H](C=CCC(=O)NC1CC(C)(C)N(O)C(C)(C)C1)NC(=O)OCc1ccccc1. The van der Waals surface area contributed by atoms with E-state index in [0.717, 1.165) is 12.0 Å². The summed E-state index contributed by atoms with van der Waals surface area (Å²) in [6, 6.07) is 9.32. The van der Waals surface area contributed by atoms with E-state index in [1.807, 2.05) is 64.1 Å². The number of hydroxylamine groups is 2. The zero-order valence-electron chi connectivity index (χ0n) is 20.9. The summed E-state index contributed by atoms with van der Waals surface area (Å²) in [6.45, 7) is 12.3. The van der Waals surface area contributed by atoms with Crippen LogP contribution in [0.2, 0.25) is 0 Å². The van der Waals surface area contributed by atoms with E-state index in [4.69, 9.17) is 4.74 Å². The summed E-state index contributed by atoms with van der Waals surface area (Å²) >= 11 is 0. The first kappa shape index (κ1) is 26.9. The molecule has 1 aliphatic rings. The molecule has 1 fully saturated rings. The lowest BCUT2D eigenvalue weighted by Crippen LogP contribution is -2.62. The largest absolute Gasteiger partial charge is 0.445 e. The highest BCUT2D eigenvalue weighted by molar-refractivity contribution is 5.77. The highest BCUT2D eigenvalue weighted by Crippen LogP contribution is 2.36. The van der Waals surface area contributed by atoms with Crippen LogP contribution in [0.1, 0.15) is 72.8 Å². The van der Waals surface area contributed by atoms with Crippen LogP contribution in [0.5, 0.6) is 0 Å². The lowest BCUT2D eigenvalue weighted by molar-refractivity contribution is -0.246. The first-order valence-corrected chi connectivity index (χ1v) is 11.8. The molecule has 1 heterocycles. The molecule has 7 heteroatoms. The molecule has 33 heavy (non-hydrogen) atoms. The molecule has 0 bridgehead atoms. The molecule has 0 radical (unpaired) electrons. The minimum Gasteiger partial charge on any atom is -0.445 e. The molecule has 1 saturated heterocycles. The summed E-state index contributed by atoms with van der Waals surface area (Å²) in [6.07, 6.45) is 5.52. The predicted molar refractivity (Wildman–Crippen MR) is 130 cm³/mol. The Balaban J connectivity index is 1.85. The van der Waals surface area contributed by atoms with Crippen molar-refractivity contribution in [3.8, 4) is 0 Å². The van der Waals surface area contributed by atoms with Crippen LogP contribution in [0, 0.1) is 5.92 Å². The first-order chi connectivity index (χ1) is 15.4. The second-order valence-electron chi connectivity index (χ2n) is 10.7. The van der Waals surface area contributed by atoms with Crippen LogP contribution in [0.4, 0.5) is 4.79 Å². The molecule has 0 aromatic heterocycles. The van der Waals surface area contributed by atoms with Crippen molar-refractivity contribution in [2.75, 3.05) is 0 Å². The van der Waals surface area contributed by atoms with Gasteiger partial charge in [0, 0.05) is 23.5 Å². The molecule has 0 spiro atoms. The maximum atomic E-state index is 12.5. The number of carbonyl (C=O) groups excluding carboxylic acids is 2. The van der Waals surface area contributed by atoms with Crippen molar-refractivity contribution in [1.82, 2.24) is 15.7 Å². The Morgan fingerprint density at radius 3 is 2.33 bits per heavy atom. The van der Waals surface area contributed by atoms with E-state index < -0.39 is 17.2 Å². The van der Waals surface area contributed by atoms with Gasteiger partial charge in [-0.05, 0) is 58.4 Å². The molecule has 2 rings (SSSR count). The molecule has 0 saturated carbocycles. The third-order valence-electron chi connectivity index (χ3n) is 5.92. The highest BCUT2D eigenvalue weighted by Gasteiger charge is 2.45. The molecule has 0 unspecified atom stereocenters. The van der Waals surface area contributed by atoms with E-state index in [9.17, 15) is 14.8 Å². The number of nitrogens with one attached hydrogen (secondary N) is 2. The van der Waals surface area contributed by atoms with Gasteiger partial charge in [0.05, 0.1) is 6.04 Å². The second kappa shape index (κ2) is 11.7. The van der Waals surface area contributed by atoms with Gasteiger partial charge in [-0.2, -0.15) is 5.06 Å². The van der Waals surface area contributed by atoms with Gasteiger partial charge in [-0.1, -0.05) is 56.3 Å². The average molecular weight is 460 g/mol. The first-order valence-electron chi connectivity index (χ1n) is 11.8. The number of benzene rings is 1. The summed E-state index contributed by atoms with van der Waals surface area (Å²) in [4.78, 5) is 24.8. The molecule has 1 aliphatic heterocycles. The van der Waals surface area contributed by atoms with Gasteiger partial charge < -0.3 is 20.6 Å². The summed E-state index contributed by atoms with van der Waals surface area (Å²) in [5.41, 5.74) is 0.0998. The summed E-state index contributed by atoms with van der Waals surface area (Å²) < 4.78 is 5.33. The highest BCUT2D eigenvalue weighted by atomic mass is 16.5. The topological polar surface area (TPSA) is 90.9 Å². The Labute approximate surface area is 198 Å². The van der Waals surface area contributed by atoms with Gasteiger partial charge in [-0.25, -0.2) is 4.79 Å². The van der Waals surface area contributed by atoms with Crippen molar-refractivity contribution in [3.63, 3.8) is 0 Å². The van der Waals surface area contributed by atoms with Crippen LogP contribution in [-0.4, -0.2) is 45.4 Å². The molecule has 1 aromatic carbocycles. The van der Waals surface area contributed by atoms with Gasteiger partial charge in [0.1, 0.15) is 6.61 Å². The zero-order chi connectivity index (χ0) is 24.6. The van der Waals surface area contributed by atoms with Crippen molar-refractivity contribution in [2.24, 2.45) is 5.92 Å². The summed E-state index contributed by atoms with van der Waals surface area (Å²) in [5, 5.41) is 17.8. The maximum Gasteiger partial charge on any atom is 0.407 e. The number of ether oxygens (including phenoxy) is 1. The van der Waals surface area contributed by atoms with Gasteiger partial charge in [0.25, 0.3) is 0 Å². The number of nitrogens with zero attached hydrogens (tertiary/aromatic N) is 1. The van der Waals surface area contributed by atoms with Gasteiger partial charge in [-0.15, -0.1) is 0 Å². The molecule has 184 valence electrons. The second-order valence-corrected chi connectivity index (χ2v) is 10.7. The average Bonchev–Trinajstić information content (AvgIpc) is 2.70. The lowest BCUT2D eigenvalue weighted by Gasteiger charge is -2.51. The van der Waals surface area contributed by atoms with E-state index in [2.05, 4.69) is 24.5 Å². The molecule has 2 amide bonds. The van der Waals surface area contributed by atoms with Crippen molar-refractivity contribution < 1.29 is 19.5 Å². The van der Waals surface area contributed by atoms with E-state index in [-0.39, 0.29) is 31.0 Å². The van der Waals surface area contributed by atoms with Gasteiger partial charge in [0.15, 0.2) is 0 Å². The van der Waals surface area contributed by atoms with E-state index in [1.54, 1.807) is 6.08 Å². The molecule has 0 aliphatic carbocycles. The third kappa shape index (κ3) is 8.82. The van der Waals surface area contributed by atoms with E-state index in [0.29, 0.717) is 18.8 Å². The summed E-state index contributed by atoms with van der Waals surface area (Å²) in [5.74, 6) is 0.306. The Morgan fingerprint density at radius 2 is 1.76 bits per heavy atom. The Bertz CT molecular complexity index is 787. The van der Waals surface area contributed by atoms with Gasteiger partial charge in [0.2, 0.25) is 5.91 Å². The Hall–Kier alpha value is -2.38. The number of alkyl carbamates (subject to hydrolysis) is 1. The predicted octanol–water partition coefficient (Wildman–Crippen LogP) is 4.80. The third-order valence-corrected chi connectivity index (χ3v) is 5.92. The number of amides is 2. The van der Waals surface area contributed by atoms with E-state index in [1.165, 1.54) is 5.06 Å². The summed E-state index contributed by atoms with van der Waals surface area (Å²) in [7, 11) is 0. The van der Waals surface area contributed by atoms with Crippen LogP contribution in [0.3, 0.4) is 0 Å². The number of hydrogen-bond donors (Lipinski definition) is 3. The molecule has 7 nitrogen and oxygen atoms in total. The monoisotopic (exact) mass is 459 g/mol. The number of rotatable bonds is 9. The van der Waals surface area contributed by atoms with E-state index >= 15 is 0 Å².